The van der Waals surface area contributed by atoms with Crippen LogP contribution in [0.3, 0.4) is 0 Å². The van der Waals surface area contributed by atoms with Crippen molar-refractivity contribution in [1.29, 1.82) is 0 Å². The van der Waals surface area contributed by atoms with Gasteiger partial charge in [0.1, 0.15) is 12.4 Å². The van der Waals surface area contributed by atoms with E-state index in [1.807, 2.05) is 37.4 Å². The normalized spacial score (nSPS) is 11.2. The fourth-order valence-electron chi connectivity index (χ4n) is 2.28. The average molecular weight is 352 g/mol. The van der Waals surface area contributed by atoms with Crippen molar-refractivity contribution in [3.8, 4) is 5.75 Å². The van der Waals surface area contributed by atoms with E-state index in [1.54, 1.807) is 10.9 Å². The molecule has 0 unspecified atom stereocenters. The molecule has 0 aliphatic carbocycles. The smallest absolute Gasteiger partial charge is 0.211 e. The third kappa shape index (κ3) is 4.28. The zero-order valence-electron chi connectivity index (χ0n) is 14.5. The molecular weight excluding hydrogens is 332 g/mol. The van der Waals surface area contributed by atoms with Crippen LogP contribution >= 0.6 is 11.8 Å². The summed E-state index contributed by atoms with van der Waals surface area (Å²) in [5, 5.41) is 13.4. The first-order valence-electron chi connectivity index (χ1n) is 7.95. The molecule has 6 heteroatoms. The summed E-state index contributed by atoms with van der Waals surface area (Å²) in [4.78, 5) is 0. The molecule has 0 atom stereocenters. The van der Waals surface area contributed by atoms with E-state index < -0.39 is 0 Å². The first-order valence-corrected chi connectivity index (χ1v) is 9.17. The molecule has 1 heterocycles. The van der Waals surface area contributed by atoms with Gasteiger partial charge in [-0.25, -0.2) is 0 Å². The van der Waals surface area contributed by atoms with Gasteiger partial charge in [-0.3, -0.25) is 0 Å². The fraction of sp³-hybridized carbons (Fsp3) is 0.211. The minimum Gasteiger partial charge on any atom is -0.488 e. The van der Waals surface area contributed by atoms with Crippen molar-refractivity contribution in [1.82, 2.24) is 14.9 Å². The number of thioether (sulfide) groups is 1. The van der Waals surface area contributed by atoms with E-state index in [2.05, 4.69) is 46.5 Å². The van der Waals surface area contributed by atoms with Crippen molar-refractivity contribution in [2.45, 2.75) is 25.6 Å². The van der Waals surface area contributed by atoms with Crippen LogP contribution < -0.4 is 4.74 Å². The molecule has 0 N–H and O–H groups in total. The SMILES string of the molecule is CSc1nnc(C)n1/N=C\c1ccccc1OCc1ccc(C)cc1. The lowest BCUT2D eigenvalue weighted by Gasteiger charge is -2.09. The highest BCUT2D eigenvalue weighted by molar-refractivity contribution is 7.98. The van der Waals surface area contributed by atoms with Crippen LogP contribution in [0.5, 0.6) is 5.75 Å². The quantitative estimate of drug-likeness (QED) is 0.495. The van der Waals surface area contributed by atoms with Crippen LogP contribution in [0.25, 0.3) is 0 Å². The van der Waals surface area contributed by atoms with Gasteiger partial charge in [-0.15, -0.1) is 10.2 Å². The maximum absolute atomic E-state index is 5.98. The second-order valence-corrected chi connectivity index (χ2v) is 6.38. The molecule has 0 aliphatic rings. The largest absolute Gasteiger partial charge is 0.488 e. The second kappa shape index (κ2) is 7.98. The molecule has 0 spiro atoms. The minimum absolute atomic E-state index is 0.521. The number of rotatable bonds is 6. The predicted molar refractivity (Wildman–Crippen MR) is 101 cm³/mol. The van der Waals surface area contributed by atoms with Gasteiger partial charge >= 0.3 is 0 Å². The summed E-state index contributed by atoms with van der Waals surface area (Å²) in [5.41, 5.74) is 3.29. The molecule has 2 aromatic carbocycles. The molecule has 3 aromatic rings. The maximum Gasteiger partial charge on any atom is 0.211 e. The Bertz CT molecular complexity index is 871. The lowest BCUT2D eigenvalue weighted by Crippen LogP contribution is -2.00. The molecule has 3 rings (SSSR count). The van der Waals surface area contributed by atoms with Gasteiger partial charge in [-0.2, -0.15) is 9.78 Å². The fourth-order valence-corrected chi connectivity index (χ4v) is 2.76. The number of aromatic nitrogens is 3. The first kappa shape index (κ1) is 17.2. The summed E-state index contributed by atoms with van der Waals surface area (Å²) in [5.74, 6) is 1.54. The van der Waals surface area contributed by atoms with Crippen molar-refractivity contribution in [3.63, 3.8) is 0 Å². The van der Waals surface area contributed by atoms with Crippen molar-refractivity contribution in [2.75, 3.05) is 6.26 Å². The van der Waals surface area contributed by atoms with Gasteiger partial charge < -0.3 is 4.74 Å². The van der Waals surface area contributed by atoms with E-state index in [4.69, 9.17) is 4.74 Å². The minimum atomic E-state index is 0.521. The van der Waals surface area contributed by atoms with Crippen LogP contribution in [0.15, 0.2) is 58.8 Å². The highest BCUT2D eigenvalue weighted by Crippen LogP contribution is 2.19. The van der Waals surface area contributed by atoms with E-state index in [0.29, 0.717) is 6.61 Å². The number of hydrogen-bond donors (Lipinski definition) is 0. The highest BCUT2D eigenvalue weighted by atomic mass is 32.2. The molecule has 0 saturated carbocycles. The third-order valence-electron chi connectivity index (χ3n) is 3.70. The van der Waals surface area contributed by atoms with Gasteiger partial charge in [-0.05, 0) is 37.8 Å². The summed E-state index contributed by atoms with van der Waals surface area (Å²) >= 11 is 1.51. The highest BCUT2D eigenvalue weighted by Gasteiger charge is 2.06. The maximum atomic E-state index is 5.98. The number of benzene rings is 2. The van der Waals surface area contributed by atoms with Crippen molar-refractivity contribution in [3.05, 3.63) is 71.0 Å². The van der Waals surface area contributed by atoms with Crippen molar-refractivity contribution >= 4 is 18.0 Å². The van der Waals surface area contributed by atoms with E-state index in [0.717, 1.165) is 27.9 Å². The van der Waals surface area contributed by atoms with Crippen LogP contribution in [-0.4, -0.2) is 27.3 Å². The molecular formula is C19H20N4OS. The first-order chi connectivity index (χ1) is 12.2. The molecule has 25 heavy (non-hydrogen) atoms. The van der Waals surface area contributed by atoms with Crippen molar-refractivity contribution < 1.29 is 4.74 Å². The van der Waals surface area contributed by atoms with Gasteiger partial charge in [0.05, 0.1) is 6.21 Å². The van der Waals surface area contributed by atoms with Crippen LogP contribution in [-0.2, 0) is 6.61 Å². The van der Waals surface area contributed by atoms with Crippen LogP contribution in [0.1, 0.15) is 22.5 Å². The van der Waals surface area contributed by atoms with Gasteiger partial charge in [0, 0.05) is 5.56 Å². The standard InChI is InChI=1S/C19H20N4OS/c1-14-8-10-16(11-9-14)13-24-18-7-5-4-6-17(18)12-20-23-15(2)21-22-19(23)25-3/h4-12H,13H2,1-3H3/b20-12-. The zero-order valence-corrected chi connectivity index (χ0v) is 15.3. The molecule has 128 valence electrons. The molecule has 0 radical (unpaired) electrons. The molecule has 5 nitrogen and oxygen atoms in total. The summed E-state index contributed by atoms with van der Waals surface area (Å²) in [7, 11) is 0. The Balaban J connectivity index is 1.77. The second-order valence-electron chi connectivity index (χ2n) is 5.60. The number of aryl methyl sites for hydroxylation is 2. The lowest BCUT2D eigenvalue weighted by molar-refractivity contribution is 0.306. The zero-order chi connectivity index (χ0) is 17.6. The predicted octanol–water partition coefficient (Wildman–Crippen LogP) is 4.08. The molecule has 0 saturated heterocycles. The van der Waals surface area contributed by atoms with Gasteiger partial charge in [0.15, 0.2) is 5.82 Å². The van der Waals surface area contributed by atoms with Crippen molar-refractivity contribution in [2.24, 2.45) is 5.10 Å². The monoisotopic (exact) mass is 352 g/mol. The van der Waals surface area contributed by atoms with Crippen LogP contribution in [0.2, 0.25) is 0 Å². The summed E-state index contributed by atoms with van der Waals surface area (Å²) in [6.07, 6.45) is 3.73. The molecule has 0 amide bonds. The molecule has 0 bridgehead atoms. The number of hydrogen-bond acceptors (Lipinski definition) is 5. The number of nitrogens with zero attached hydrogens (tertiary/aromatic N) is 4. The van der Waals surface area contributed by atoms with Crippen LogP contribution in [0, 0.1) is 13.8 Å². The number of para-hydroxylation sites is 1. The average Bonchev–Trinajstić information content (AvgIpc) is 3.00. The van der Waals surface area contributed by atoms with E-state index in [1.165, 1.54) is 17.3 Å². The molecule has 1 aromatic heterocycles. The Labute approximate surface area is 151 Å². The lowest BCUT2D eigenvalue weighted by atomic mass is 10.1. The van der Waals surface area contributed by atoms with Gasteiger partial charge in [-0.1, -0.05) is 53.7 Å². The molecule has 0 fully saturated rings. The Morgan fingerprint density at radius 3 is 2.60 bits per heavy atom. The third-order valence-corrected chi connectivity index (χ3v) is 4.32. The van der Waals surface area contributed by atoms with E-state index in [-0.39, 0.29) is 0 Å². The van der Waals surface area contributed by atoms with E-state index >= 15 is 0 Å². The Morgan fingerprint density at radius 1 is 1.08 bits per heavy atom. The summed E-state index contributed by atoms with van der Waals surface area (Å²) in [6.45, 7) is 4.48. The topological polar surface area (TPSA) is 52.3 Å². The van der Waals surface area contributed by atoms with Crippen LogP contribution in [0.4, 0.5) is 0 Å². The summed E-state index contributed by atoms with van der Waals surface area (Å²) in [6, 6.07) is 16.2. The Morgan fingerprint density at radius 2 is 1.84 bits per heavy atom. The van der Waals surface area contributed by atoms with Gasteiger partial charge in [0.25, 0.3) is 0 Å². The number of ether oxygens (including phenoxy) is 1. The van der Waals surface area contributed by atoms with Gasteiger partial charge in [0.2, 0.25) is 5.16 Å². The van der Waals surface area contributed by atoms with E-state index in [9.17, 15) is 0 Å². The Kier molecular flexibility index (Phi) is 5.50. The summed E-state index contributed by atoms with van der Waals surface area (Å²) < 4.78 is 7.71. The Hall–Kier alpha value is -2.60. The molecule has 0 aliphatic heterocycles.